The van der Waals surface area contributed by atoms with Gasteiger partial charge in [0.05, 0.1) is 10.0 Å². The van der Waals surface area contributed by atoms with E-state index < -0.39 is 11.4 Å². The molecule has 2 rings (SSSR count). The van der Waals surface area contributed by atoms with E-state index in [0.29, 0.717) is 13.0 Å². The number of halogens is 2. The first-order chi connectivity index (χ1) is 12.4. The van der Waals surface area contributed by atoms with Crippen LogP contribution >= 0.6 is 23.2 Å². The summed E-state index contributed by atoms with van der Waals surface area (Å²) in [6, 6.07) is 6.73. The van der Waals surface area contributed by atoms with Crippen molar-refractivity contribution >= 4 is 34.6 Å². The van der Waals surface area contributed by atoms with Crippen LogP contribution in [0, 0.1) is 18.3 Å². The van der Waals surface area contributed by atoms with E-state index in [4.69, 9.17) is 27.9 Å². The molecule has 0 aliphatic rings. The lowest BCUT2D eigenvalue weighted by molar-refractivity contribution is 0.188. The van der Waals surface area contributed by atoms with Gasteiger partial charge in [0.15, 0.2) is 5.69 Å². The van der Waals surface area contributed by atoms with Crippen LogP contribution in [0.1, 0.15) is 17.5 Å². The van der Waals surface area contributed by atoms with Crippen molar-refractivity contribution in [2.45, 2.75) is 19.9 Å². The quantitative estimate of drug-likeness (QED) is 0.575. The summed E-state index contributed by atoms with van der Waals surface area (Å²) >= 11 is 12.1. The van der Waals surface area contributed by atoms with E-state index in [-0.39, 0.29) is 39.1 Å². The van der Waals surface area contributed by atoms with Crippen LogP contribution in [0.4, 0.5) is 11.4 Å². The Hall–Kier alpha value is -2.40. The minimum absolute atomic E-state index is 0.0405. The zero-order valence-electron chi connectivity index (χ0n) is 14.2. The summed E-state index contributed by atoms with van der Waals surface area (Å²) in [6.07, 6.45) is 0.477. The van der Waals surface area contributed by atoms with E-state index in [2.05, 4.69) is 10.2 Å². The van der Waals surface area contributed by atoms with E-state index in [0.717, 1.165) is 4.57 Å². The maximum Gasteiger partial charge on any atom is 0.281 e. The standard InChI is InChI=1S/C17H16Cl2N4O3/c1-10-11(9-20)16(24)23(7-4-8-26-2)17(25)14(10)21-22-15-12(18)5-3-6-13(15)19/h3,5-6,24H,4,7-8H2,1-2H3. The van der Waals surface area contributed by atoms with Crippen LogP contribution in [0.15, 0.2) is 33.2 Å². The molecule has 0 aliphatic carbocycles. The van der Waals surface area contributed by atoms with Crippen molar-refractivity contribution in [3.63, 3.8) is 0 Å². The van der Waals surface area contributed by atoms with Gasteiger partial charge in [-0.25, -0.2) is 0 Å². The number of rotatable bonds is 6. The second-order valence-electron chi connectivity index (χ2n) is 5.36. The Kier molecular flexibility index (Phi) is 6.75. The Morgan fingerprint density at radius 3 is 2.46 bits per heavy atom. The molecule has 0 radical (unpaired) electrons. The first kappa shape index (κ1) is 19.9. The number of aromatic nitrogens is 1. The second kappa shape index (κ2) is 8.81. The number of pyridine rings is 1. The fourth-order valence-electron chi connectivity index (χ4n) is 2.32. The molecule has 0 aliphatic heterocycles. The van der Waals surface area contributed by atoms with E-state index in [1.54, 1.807) is 18.2 Å². The number of aromatic hydroxyl groups is 1. The Balaban J connectivity index is 2.58. The molecular weight excluding hydrogens is 379 g/mol. The van der Waals surface area contributed by atoms with Crippen molar-refractivity contribution < 1.29 is 9.84 Å². The predicted octanol–water partition coefficient (Wildman–Crippen LogP) is 4.49. The third-order valence-corrected chi connectivity index (χ3v) is 4.30. The zero-order valence-corrected chi connectivity index (χ0v) is 15.7. The molecule has 9 heteroatoms. The summed E-state index contributed by atoms with van der Waals surface area (Å²) < 4.78 is 6.03. The number of hydrogen-bond acceptors (Lipinski definition) is 6. The molecule has 0 spiro atoms. The molecule has 0 fully saturated rings. The van der Waals surface area contributed by atoms with Crippen LogP contribution in [-0.4, -0.2) is 23.4 Å². The highest BCUT2D eigenvalue weighted by atomic mass is 35.5. The molecule has 1 aromatic heterocycles. The summed E-state index contributed by atoms with van der Waals surface area (Å²) in [5, 5.41) is 28.0. The SMILES string of the molecule is COCCCn1c(O)c(C#N)c(C)c(N=Nc2c(Cl)cccc2Cl)c1=O. The number of nitriles is 1. The van der Waals surface area contributed by atoms with Crippen LogP contribution in [-0.2, 0) is 11.3 Å². The second-order valence-corrected chi connectivity index (χ2v) is 6.17. The Morgan fingerprint density at radius 1 is 1.27 bits per heavy atom. The third kappa shape index (κ3) is 4.05. The summed E-state index contributed by atoms with van der Waals surface area (Å²) in [4.78, 5) is 12.7. The molecule has 0 atom stereocenters. The Morgan fingerprint density at radius 2 is 1.88 bits per heavy atom. The van der Waals surface area contributed by atoms with Crippen LogP contribution in [0.5, 0.6) is 5.88 Å². The van der Waals surface area contributed by atoms with Gasteiger partial charge in [-0.15, -0.1) is 10.2 Å². The molecular formula is C17H16Cl2N4O3. The van der Waals surface area contributed by atoms with Gasteiger partial charge >= 0.3 is 0 Å². The van der Waals surface area contributed by atoms with Crippen LogP contribution < -0.4 is 5.56 Å². The minimum atomic E-state index is -0.568. The molecule has 0 unspecified atom stereocenters. The number of benzene rings is 1. The molecule has 1 aromatic carbocycles. The first-order valence-corrected chi connectivity index (χ1v) is 8.39. The highest BCUT2D eigenvalue weighted by Gasteiger charge is 2.19. The molecule has 0 amide bonds. The molecule has 2 aromatic rings. The van der Waals surface area contributed by atoms with Gasteiger partial charge in [-0.2, -0.15) is 5.26 Å². The molecule has 0 bridgehead atoms. The number of nitrogens with zero attached hydrogens (tertiary/aromatic N) is 4. The monoisotopic (exact) mass is 394 g/mol. The van der Waals surface area contributed by atoms with Crippen LogP contribution in [0.2, 0.25) is 10.0 Å². The maximum absolute atomic E-state index is 12.7. The zero-order chi connectivity index (χ0) is 19.3. The predicted molar refractivity (Wildman–Crippen MR) is 98.9 cm³/mol. The highest BCUT2D eigenvalue weighted by Crippen LogP contribution is 2.34. The molecule has 7 nitrogen and oxygen atoms in total. The number of hydrogen-bond donors (Lipinski definition) is 1. The van der Waals surface area contributed by atoms with E-state index in [1.807, 2.05) is 6.07 Å². The molecule has 1 heterocycles. The smallest absolute Gasteiger partial charge is 0.281 e. The third-order valence-electron chi connectivity index (χ3n) is 3.69. The van der Waals surface area contributed by atoms with Crippen molar-refractivity contribution in [3.05, 3.63) is 49.7 Å². The van der Waals surface area contributed by atoms with Gasteiger partial charge < -0.3 is 9.84 Å². The van der Waals surface area contributed by atoms with Gasteiger partial charge in [-0.1, -0.05) is 29.3 Å². The van der Waals surface area contributed by atoms with Crippen molar-refractivity contribution in [2.24, 2.45) is 10.2 Å². The van der Waals surface area contributed by atoms with Crippen LogP contribution in [0.25, 0.3) is 0 Å². The average molecular weight is 395 g/mol. The molecule has 26 heavy (non-hydrogen) atoms. The Bertz CT molecular complexity index is 928. The Labute approximate surface area is 160 Å². The highest BCUT2D eigenvalue weighted by molar-refractivity contribution is 6.38. The molecule has 136 valence electrons. The summed E-state index contributed by atoms with van der Waals surface area (Å²) in [6.45, 7) is 2.08. The number of ether oxygens (including phenoxy) is 1. The van der Waals surface area contributed by atoms with Gasteiger partial charge in [0.1, 0.15) is 17.3 Å². The van der Waals surface area contributed by atoms with E-state index >= 15 is 0 Å². The van der Waals surface area contributed by atoms with Crippen molar-refractivity contribution in [3.8, 4) is 11.9 Å². The lowest BCUT2D eigenvalue weighted by Crippen LogP contribution is -2.22. The molecule has 0 saturated heterocycles. The summed E-state index contributed by atoms with van der Waals surface area (Å²) in [5.74, 6) is -0.402. The largest absolute Gasteiger partial charge is 0.493 e. The number of methoxy groups -OCH3 is 1. The van der Waals surface area contributed by atoms with Crippen LogP contribution in [0.3, 0.4) is 0 Å². The summed E-state index contributed by atoms with van der Waals surface area (Å²) in [5.41, 5.74) is -0.229. The fourth-order valence-corrected chi connectivity index (χ4v) is 2.79. The first-order valence-electron chi connectivity index (χ1n) is 7.63. The maximum atomic E-state index is 12.7. The molecule has 0 saturated carbocycles. The topological polar surface area (TPSA) is 100.0 Å². The van der Waals surface area contributed by atoms with Crippen molar-refractivity contribution in [1.82, 2.24) is 4.57 Å². The van der Waals surface area contributed by atoms with Gasteiger partial charge in [0, 0.05) is 25.8 Å². The minimum Gasteiger partial charge on any atom is -0.493 e. The van der Waals surface area contributed by atoms with Crippen molar-refractivity contribution in [1.29, 1.82) is 5.26 Å². The lowest BCUT2D eigenvalue weighted by atomic mass is 10.1. The van der Waals surface area contributed by atoms with Gasteiger partial charge in [0.2, 0.25) is 5.88 Å². The van der Waals surface area contributed by atoms with Gasteiger partial charge in [-0.3, -0.25) is 9.36 Å². The molecule has 1 N–H and O–H groups in total. The normalized spacial score (nSPS) is 11.0. The van der Waals surface area contributed by atoms with E-state index in [1.165, 1.54) is 14.0 Å². The summed E-state index contributed by atoms with van der Waals surface area (Å²) in [7, 11) is 1.53. The van der Waals surface area contributed by atoms with Gasteiger partial charge in [0.25, 0.3) is 5.56 Å². The van der Waals surface area contributed by atoms with Gasteiger partial charge in [-0.05, 0) is 25.5 Å². The number of azo groups is 1. The van der Waals surface area contributed by atoms with E-state index in [9.17, 15) is 15.2 Å². The fraction of sp³-hybridized carbons (Fsp3) is 0.294. The average Bonchev–Trinajstić information content (AvgIpc) is 2.60. The van der Waals surface area contributed by atoms with Crippen molar-refractivity contribution in [2.75, 3.05) is 13.7 Å². The lowest BCUT2D eigenvalue weighted by Gasteiger charge is -2.12.